The lowest BCUT2D eigenvalue weighted by Gasteiger charge is -2.10. The molecule has 0 saturated heterocycles. The maximum atomic E-state index is 12.7. The van der Waals surface area contributed by atoms with E-state index in [1.807, 2.05) is 26.8 Å². The van der Waals surface area contributed by atoms with Crippen LogP contribution in [-0.2, 0) is 16.6 Å². The highest BCUT2D eigenvalue weighted by atomic mass is 32.2. The molecule has 5 nitrogen and oxygen atoms in total. The van der Waals surface area contributed by atoms with E-state index < -0.39 is 10.0 Å². The van der Waals surface area contributed by atoms with Crippen molar-refractivity contribution < 1.29 is 8.42 Å². The van der Waals surface area contributed by atoms with Crippen molar-refractivity contribution in [2.45, 2.75) is 38.6 Å². The second-order valence-electron chi connectivity index (χ2n) is 6.13. The predicted molar refractivity (Wildman–Crippen MR) is 103 cm³/mol. The lowest BCUT2D eigenvalue weighted by atomic mass is 10.1. The summed E-state index contributed by atoms with van der Waals surface area (Å²) in [7, 11) is -3.71. The summed E-state index contributed by atoms with van der Waals surface area (Å²) in [4.78, 5) is 12.2. The molecule has 1 N–H and O–H groups in total. The van der Waals surface area contributed by atoms with E-state index in [0.29, 0.717) is 16.9 Å². The molecule has 0 atom stereocenters. The Balaban J connectivity index is 2.01. The lowest BCUT2D eigenvalue weighted by Crippen LogP contribution is -2.13. The van der Waals surface area contributed by atoms with E-state index in [9.17, 15) is 13.2 Å². The van der Waals surface area contributed by atoms with E-state index in [4.69, 9.17) is 0 Å². The molecular weight excluding hydrogens is 356 g/mol. The van der Waals surface area contributed by atoms with Crippen molar-refractivity contribution in [3.8, 4) is 0 Å². The van der Waals surface area contributed by atoms with Crippen molar-refractivity contribution in [3.63, 3.8) is 0 Å². The average molecular weight is 377 g/mol. The number of thiazole rings is 1. The van der Waals surface area contributed by atoms with E-state index >= 15 is 0 Å². The molecule has 0 amide bonds. The van der Waals surface area contributed by atoms with Crippen LogP contribution < -0.4 is 9.60 Å². The van der Waals surface area contributed by atoms with E-state index in [1.165, 1.54) is 0 Å². The quantitative estimate of drug-likeness (QED) is 0.734. The van der Waals surface area contributed by atoms with Gasteiger partial charge in [0.1, 0.15) is 0 Å². The highest BCUT2D eigenvalue weighted by Gasteiger charge is 2.17. The zero-order valence-corrected chi connectivity index (χ0v) is 16.0. The van der Waals surface area contributed by atoms with Crippen molar-refractivity contribution in [2.24, 2.45) is 0 Å². The van der Waals surface area contributed by atoms with Crippen molar-refractivity contribution in [2.75, 3.05) is 4.72 Å². The summed E-state index contributed by atoms with van der Waals surface area (Å²) in [5.74, 6) is 0. The summed E-state index contributed by atoms with van der Waals surface area (Å²) in [6, 6.07) is 10.4. The Hall–Kier alpha value is -2.12. The van der Waals surface area contributed by atoms with Crippen LogP contribution in [0.1, 0.15) is 24.5 Å². The van der Waals surface area contributed by atoms with Crippen LogP contribution >= 0.6 is 11.3 Å². The Morgan fingerprint density at radius 3 is 2.40 bits per heavy atom. The van der Waals surface area contributed by atoms with Crippen LogP contribution in [-0.4, -0.2) is 13.0 Å². The molecule has 3 aromatic rings. The highest BCUT2D eigenvalue weighted by molar-refractivity contribution is 7.92. The third kappa shape index (κ3) is 3.62. The fourth-order valence-electron chi connectivity index (χ4n) is 2.90. The van der Waals surface area contributed by atoms with Crippen LogP contribution in [0.4, 0.5) is 5.69 Å². The highest BCUT2D eigenvalue weighted by Crippen LogP contribution is 2.24. The topological polar surface area (TPSA) is 68.2 Å². The van der Waals surface area contributed by atoms with Crippen molar-refractivity contribution >= 4 is 37.3 Å². The number of rotatable bonds is 5. The summed E-state index contributed by atoms with van der Waals surface area (Å²) in [6.07, 6.45) is 0.847. The number of hydrogen-bond donors (Lipinski definition) is 1. The number of anilines is 1. The summed E-state index contributed by atoms with van der Waals surface area (Å²) in [5.41, 5.74) is 3.29. The molecule has 132 valence electrons. The molecule has 0 bridgehead atoms. The van der Waals surface area contributed by atoms with Gasteiger partial charge >= 0.3 is 4.87 Å². The number of nitrogens with one attached hydrogen (secondary N) is 1. The van der Waals surface area contributed by atoms with E-state index in [1.54, 1.807) is 34.9 Å². The minimum Gasteiger partial charge on any atom is -0.299 e. The van der Waals surface area contributed by atoms with Gasteiger partial charge in [-0.3, -0.25) is 14.1 Å². The number of aromatic nitrogens is 1. The van der Waals surface area contributed by atoms with Gasteiger partial charge in [-0.05, 0) is 61.7 Å². The molecular formula is C18H20N2O3S2. The SMILES string of the molecule is CCCn1c(=O)sc2cc(S(=O)(=O)Nc3cc(C)cc(C)c3)ccc21. The van der Waals surface area contributed by atoms with Crippen LogP contribution in [0.5, 0.6) is 0 Å². The fraction of sp³-hybridized carbons (Fsp3) is 0.278. The Morgan fingerprint density at radius 2 is 1.76 bits per heavy atom. The molecule has 3 rings (SSSR count). The van der Waals surface area contributed by atoms with Crippen molar-refractivity contribution in [3.05, 3.63) is 57.2 Å². The number of hydrogen-bond acceptors (Lipinski definition) is 4. The van der Waals surface area contributed by atoms with Gasteiger partial charge in [0.25, 0.3) is 10.0 Å². The average Bonchev–Trinajstić information content (AvgIpc) is 2.81. The summed E-state index contributed by atoms with van der Waals surface area (Å²) < 4.78 is 30.4. The van der Waals surface area contributed by atoms with Crippen LogP contribution in [0.3, 0.4) is 0 Å². The zero-order valence-electron chi connectivity index (χ0n) is 14.4. The molecule has 0 unspecified atom stereocenters. The Labute approximate surface area is 151 Å². The van der Waals surface area contributed by atoms with Crippen LogP contribution in [0.15, 0.2) is 46.1 Å². The normalized spacial score (nSPS) is 11.8. The first-order valence-electron chi connectivity index (χ1n) is 8.04. The predicted octanol–water partition coefficient (Wildman–Crippen LogP) is 3.89. The van der Waals surface area contributed by atoms with Crippen LogP contribution in [0, 0.1) is 13.8 Å². The first kappa shape index (κ1) is 17.7. The number of aryl methyl sites for hydroxylation is 3. The monoisotopic (exact) mass is 376 g/mol. The van der Waals surface area contributed by atoms with Gasteiger partial charge in [0, 0.05) is 12.2 Å². The Kier molecular flexibility index (Phi) is 4.71. The lowest BCUT2D eigenvalue weighted by molar-refractivity contribution is 0.601. The maximum Gasteiger partial charge on any atom is 0.308 e. The molecule has 0 aliphatic rings. The smallest absolute Gasteiger partial charge is 0.299 e. The third-order valence-corrected chi connectivity index (χ3v) is 6.19. The maximum absolute atomic E-state index is 12.7. The van der Waals surface area contributed by atoms with Gasteiger partial charge in [-0.1, -0.05) is 24.3 Å². The zero-order chi connectivity index (χ0) is 18.2. The van der Waals surface area contributed by atoms with Crippen molar-refractivity contribution in [1.29, 1.82) is 0 Å². The van der Waals surface area contributed by atoms with E-state index in [-0.39, 0.29) is 9.77 Å². The van der Waals surface area contributed by atoms with Crippen LogP contribution in [0.25, 0.3) is 10.2 Å². The van der Waals surface area contributed by atoms with Crippen LogP contribution in [0.2, 0.25) is 0 Å². The summed E-state index contributed by atoms with van der Waals surface area (Å²) >= 11 is 1.08. The van der Waals surface area contributed by atoms with Gasteiger partial charge in [0.2, 0.25) is 0 Å². The molecule has 0 aliphatic carbocycles. The molecule has 0 saturated carbocycles. The number of benzene rings is 2. The number of sulfonamides is 1. The third-order valence-electron chi connectivity index (χ3n) is 3.87. The fourth-order valence-corrected chi connectivity index (χ4v) is 4.99. The molecule has 25 heavy (non-hydrogen) atoms. The Morgan fingerprint density at radius 1 is 1.08 bits per heavy atom. The molecule has 0 fully saturated rings. The van der Waals surface area contributed by atoms with Crippen molar-refractivity contribution in [1.82, 2.24) is 4.57 Å². The molecule has 7 heteroatoms. The summed E-state index contributed by atoms with van der Waals surface area (Å²) in [5, 5.41) is 0. The largest absolute Gasteiger partial charge is 0.308 e. The molecule has 2 aromatic carbocycles. The molecule has 0 spiro atoms. The first-order valence-corrected chi connectivity index (χ1v) is 10.3. The van der Waals surface area contributed by atoms with E-state index in [0.717, 1.165) is 34.4 Å². The minimum atomic E-state index is -3.71. The molecule has 0 radical (unpaired) electrons. The molecule has 1 aromatic heterocycles. The standard InChI is InChI=1S/C18H20N2O3S2/c1-4-7-20-16-6-5-15(11-17(16)24-18(20)21)25(22,23)19-14-9-12(2)8-13(3)10-14/h5-6,8-11,19H,4,7H2,1-3H3. The van der Waals surface area contributed by atoms with Gasteiger partial charge < -0.3 is 0 Å². The number of nitrogens with zero attached hydrogens (tertiary/aromatic N) is 1. The second kappa shape index (κ2) is 6.65. The second-order valence-corrected chi connectivity index (χ2v) is 8.81. The van der Waals surface area contributed by atoms with Gasteiger partial charge in [-0.2, -0.15) is 0 Å². The van der Waals surface area contributed by atoms with Gasteiger partial charge in [0.15, 0.2) is 0 Å². The minimum absolute atomic E-state index is 0.0614. The first-order chi connectivity index (χ1) is 11.8. The van der Waals surface area contributed by atoms with Gasteiger partial charge in [-0.25, -0.2) is 8.42 Å². The van der Waals surface area contributed by atoms with Gasteiger partial charge in [0.05, 0.1) is 15.1 Å². The van der Waals surface area contributed by atoms with E-state index in [2.05, 4.69) is 4.72 Å². The summed E-state index contributed by atoms with van der Waals surface area (Å²) in [6.45, 7) is 6.48. The molecule has 1 heterocycles. The Bertz CT molecular complexity index is 1070. The molecule has 0 aliphatic heterocycles. The number of fused-ring (bicyclic) bond motifs is 1. The van der Waals surface area contributed by atoms with Gasteiger partial charge in [-0.15, -0.1) is 0 Å².